The Bertz CT molecular complexity index is 590. The molecule has 92 valence electrons. The smallest absolute Gasteiger partial charge is 0.372 e. The SMILES string of the molecule is O=C(O)c1nc(-c2ccncc2)c2n1CCCC2. The highest BCUT2D eigenvalue weighted by atomic mass is 16.4. The molecule has 0 aliphatic carbocycles. The van der Waals surface area contributed by atoms with Gasteiger partial charge in [0.05, 0.1) is 5.69 Å². The Morgan fingerprint density at radius 1 is 1.28 bits per heavy atom. The monoisotopic (exact) mass is 243 g/mol. The molecule has 0 bridgehead atoms. The van der Waals surface area contributed by atoms with Crippen LogP contribution in [0.2, 0.25) is 0 Å². The molecule has 0 atom stereocenters. The molecule has 3 rings (SSSR count). The Balaban J connectivity index is 2.18. The molecule has 0 aromatic carbocycles. The van der Waals surface area contributed by atoms with Crippen molar-refractivity contribution < 1.29 is 9.90 Å². The van der Waals surface area contributed by atoms with E-state index in [-0.39, 0.29) is 5.82 Å². The van der Waals surface area contributed by atoms with Crippen molar-refractivity contribution in [3.8, 4) is 11.3 Å². The maximum Gasteiger partial charge on any atom is 0.372 e. The van der Waals surface area contributed by atoms with Crippen molar-refractivity contribution in [2.75, 3.05) is 0 Å². The number of pyridine rings is 1. The molecule has 5 heteroatoms. The second kappa shape index (κ2) is 4.25. The second-order valence-corrected chi connectivity index (χ2v) is 4.38. The average Bonchev–Trinajstić information content (AvgIpc) is 2.79. The van der Waals surface area contributed by atoms with Crippen molar-refractivity contribution in [2.24, 2.45) is 0 Å². The summed E-state index contributed by atoms with van der Waals surface area (Å²) in [6.45, 7) is 0.745. The Labute approximate surface area is 104 Å². The van der Waals surface area contributed by atoms with Crippen LogP contribution in [0.4, 0.5) is 0 Å². The van der Waals surface area contributed by atoms with Crippen LogP contribution in [0.1, 0.15) is 29.2 Å². The summed E-state index contributed by atoms with van der Waals surface area (Å²) in [5.74, 6) is -0.810. The van der Waals surface area contributed by atoms with Gasteiger partial charge in [0.1, 0.15) is 0 Å². The molecule has 0 saturated heterocycles. The summed E-state index contributed by atoms with van der Waals surface area (Å²) in [4.78, 5) is 19.5. The third-order valence-electron chi connectivity index (χ3n) is 3.26. The van der Waals surface area contributed by atoms with Crippen LogP contribution >= 0.6 is 0 Å². The van der Waals surface area contributed by atoms with Gasteiger partial charge < -0.3 is 9.67 Å². The van der Waals surface area contributed by atoms with Crippen LogP contribution in [0.3, 0.4) is 0 Å². The fourth-order valence-corrected chi connectivity index (χ4v) is 2.45. The lowest BCUT2D eigenvalue weighted by molar-refractivity contribution is 0.0677. The van der Waals surface area contributed by atoms with E-state index < -0.39 is 5.97 Å². The molecule has 5 nitrogen and oxygen atoms in total. The van der Waals surface area contributed by atoms with Crippen molar-refractivity contribution in [1.29, 1.82) is 0 Å². The van der Waals surface area contributed by atoms with Crippen LogP contribution < -0.4 is 0 Å². The fraction of sp³-hybridized carbons (Fsp3) is 0.308. The van der Waals surface area contributed by atoms with Gasteiger partial charge in [0.15, 0.2) is 0 Å². The predicted octanol–water partition coefficient (Wildman–Crippen LogP) is 1.98. The van der Waals surface area contributed by atoms with Crippen LogP contribution in [0.15, 0.2) is 24.5 Å². The van der Waals surface area contributed by atoms with E-state index in [0.29, 0.717) is 0 Å². The molecular weight excluding hydrogens is 230 g/mol. The number of hydrogen-bond acceptors (Lipinski definition) is 3. The van der Waals surface area contributed by atoms with Gasteiger partial charge in [0.25, 0.3) is 0 Å². The van der Waals surface area contributed by atoms with E-state index in [1.165, 1.54) is 0 Å². The number of aromatic carboxylic acids is 1. The van der Waals surface area contributed by atoms with Gasteiger partial charge in [-0.2, -0.15) is 0 Å². The van der Waals surface area contributed by atoms with Gasteiger partial charge in [0.2, 0.25) is 5.82 Å². The molecule has 1 aliphatic heterocycles. The maximum atomic E-state index is 11.2. The number of fused-ring (bicyclic) bond motifs is 1. The molecule has 0 spiro atoms. The summed E-state index contributed by atoms with van der Waals surface area (Å²) >= 11 is 0. The summed E-state index contributed by atoms with van der Waals surface area (Å²) in [5, 5.41) is 9.21. The van der Waals surface area contributed by atoms with Crippen molar-refractivity contribution in [2.45, 2.75) is 25.8 Å². The van der Waals surface area contributed by atoms with Gasteiger partial charge in [-0.05, 0) is 31.4 Å². The third-order valence-corrected chi connectivity index (χ3v) is 3.26. The topological polar surface area (TPSA) is 68.0 Å². The molecule has 1 aliphatic rings. The molecule has 0 saturated carbocycles. The zero-order valence-corrected chi connectivity index (χ0v) is 9.83. The minimum Gasteiger partial charge on any atom is -0.475 e. The van der Waals surface area contributed by atoms with E-state index in [9.17, 15) is 9.90 Å². The first-order valence-corrected chi connectivity index (χ1v) is 6.00. The van der Waals surface area contributed by atoms with Gasteiger partial charge in [-0.3, -0.25) is 4.98 Å². The lowest BCUT2D eigenvalue weighted by atomic mass is 10.0. The summed E-state index contributed by atoms with van der Waals surface area (Å²) in [6, 6.07) is 3.73. The largest absolute Gasteiger partial charge is 0.475 e. The highest BCUT2D eigenvalue weighted by molar-refractivity contribution is 5.85. The summed E-state index contributed by atoms with van der Waals surface area (Å²) < 4.78 is 1.83. The Morgan fingerprint density at radius 2 is 2.06 bits per heavy atom. The van der Waals surface area contributed by atoms with Crippen molar-refractivity contribution in [3.63, 3.8) is 0 Å². The zero-order valence-electron chi connectivity index (χ0n) is 9.83. The lowest BCUT2D eigenvalue weighted by Gasteiger charge is -2.16. The molecular formula is C13H13N3O2. The van der Waals surface area contributed by atoms with Crippen LogP contribution in [0.25, 0.3) is 11.3 Å². The quantitative estimate of drug-likeness (QED) is 0.875. The van der Waals surface area contributed by atoms with E-state index in [2.05, 4.69) is 9.97 Å². The molecule has 18 heavy (non-hydrogen) atoms. The van der Waals surface area contributed by atoms with Crippen LogP contribution in [-0.2, 0) is 13.0 Å². The molecule has 2 aromatic rings. The summed E-state index contributed by atoms with van der Waals surface area (Å²) in [7, 11) is 0. The highest BCUT2D eigenvalue weighted by Crippen LogP contribution is 2.28. The van der Waals surface area contributed by atoms with Crippen molar-refractivity contribution >= 4 is 5.97 Å². The second-order valence-electron chi connectivity index (χ2n) is 4.38. The van der Waals surface area contributed by atoms with Gasteiger partial charge in [-0.15, -0.1) is 0 Å². The number of carbonyl (C=O) groups is 1. The number of rotatable bonds is 2. The van der Waals surface area contributed by atoms with Crippen LogP contribution in [0.5, 0.6) is 0 Å². The first-order chi connectivity index (χ1) is 8.77. The first kappa shape index (κ1) is 11.0. The molecule has 3 heterocycles. The van der Waals surface area contributed by atoms with Gasteiger partial charge >= 0.3 is 5.97 Å². The minimum absolute atomic E-state index is 0.150. The van der Waals surface area contributed by atoms with E-state index >= 15 is 0 Å². The lowest BCUT2D eigenvalue weighted by Crippen LogP contribution is -2.16. The maximum absolute atomic E-state index is 11.2. The third kappa shape index (κ3) is 1.68. The molecule has 0 radical (unpaired) electrons. The molecule has 0 amide bonds. The Morgan fingerprint density at radius 3 is 2.78 bits per heavy atom. The highest BCUT2D eigenvalue weighted by Gasteiger charge is 2.24. The normalized spacial score (nSPS) is 14.2. The molecule has 2 aromatic heterocycles. The van der Waals surface area contributed by atoms with Crippen molar-refractivity contribution in [1.82, 2.24) is 14.5 Å². The van der Waals surface area contributed by atoms with E-state index in [4.69, 9.17) is 0 Å². The number of imidazole rings is 1. The minimum atomic E-state index is -0.960. The number of nitrogens with zero attached hydrogens (tertiary/aromatic N) is 3. The number of carboxylic acid groups (broad SMARTS) is 1. The number of aromatic nitrogens is 3. The van der Waals surface area contributed by atoms with E-state index in [1.54, 1.807) is 12.4 Å². The Kier molecular flexibility index (Phi) is 2.59. The molecule has 0 fully saturated rings. The van der Waals surface area contributed by atoms with Gasteiger partial charge in [-0.1, -0.05) is 0 Å². The average molecular weight is 243 g/mol. The van der Waals surface area contributed by atoms with Gasteiger partial charge in [-0.25, -0.2) is 9.78 Å². The zero-order chi connectivity index (χ0) is 12.5. The van der Waals surface area contributed by atoms with Gasteiger partial charge in [0, 0.05) is 30.2 Å². The fourth-order valence-electron chi connectivity index (χ4n) is 2.45. The Hall–Kier alpha value is -2.17. The van der Waals surface area contributed by atoms with Crippen LogP contribution in [-0.4, -0.2) is 25.6 Å². The number of hydrogen-bond donors (Lipinski definition) is 1. The van der Waals surface area contributed by atoms with E-state index in [1.807, 2.05) is 16.7 Å². The first-order valence-electron chi connectivity index (χ1n) is 6.00. The van der Waals surface area contributed by atoms with Crippen molar-refractivity contribution in [3.05, 3.63) is 36.0 Å². The molecule has 1 N–H and O–H groups in total. The number of carboxylic acids is 1. The standard InChI is InChI=1S/C13H13N3O2/c17-13(18)12-15-11(9-4-6-14-7-5-9)10-3-1-2-8-16(10)12/h4-7H,1-3,8H2,(H,17,18). The molecule has 0 unspecified atom stereocenters. The summed E-state index contributed by atoms with van der Waals surface area (Å²) in [6.07, 6.45) is 6.38. The summed E-state index contributed by atoms with van der Waals surface area (Å²) in [5.41, 5.74) is 2.75. The van der Waals surface area contributed by atoms with Crippen LogP contribution in [0, 0.1) is 0 Å². The predicted molar refractivity (Wildman–Crippen MR) is 65.4 cm³/mol. The van der Waals surface area contributed by atoms with E-state index in [0.717, 1.165) is 42.8 Å².